The summed E-state index contributed by atoms with van der Waals surface area (Å²) >= 11 is 4.34. The second-order valence-corrected chi connectivity index (χ2v) is 6.98. The smallest absolute Gasteiger partial charge is 0.343 e. The first-order valence-corrected chi connectivity index (χ1v) is 9.29. The van der Waals surface area contributed by atoms with Gasteiger partial charge in [-0.1, -0.05) is 18.2 Å². The lowest BCUT2D eigenvalue weighted by Gasteiger charge is -2.12. The fourth-order valence-corrected chi connectivity index (χ4v) is 3.34. The van der Waals surface area contributed by atoms with Gasteiger partial charge in [-0.2, -0.15) is 4.99 Å². The number of rotatable bonds is 4. The normalized spacial score (nSPS) is 10.5. The van der Waals surface area contributed by atoms with Crippen LogP contribution in [0.1, 0.15) is 27.0 Å². The Morgan fingerprint density at radius 2 is 1.60 bits per heavy atom. The molecule has 0 radical (unpaired) electrons. The molecular formula is C23H16F3NO2S. The third-order valence-electron chi connectivity index (χ3n) is 4.53. The van der Waals surface area contributed by atoms with E-state index in [0.29, 0.717) is 16.7 Å². The monoisotopic (exact) mass is 427 g/mol. The Morgan fingerprint density at radius 1 is 0.933 bits per heavy atom. The van der Waals surface area contributed by atoms with Crippen molar-refractivity contribution >= 4 is 29.0 Å². The molecule has 0 fully saturated rings. The maximum absolute atomic E-state index is 14.5. The number of aryl methyl sites for hydroxylation is 3. The molecule has 30 heavy (non-hydrogen) atoms. The molecule has 7 heteroatoms. The molecule has 3 nitrogen and oxygen atoms in total. The zero-order valence-corrected chi connectivity index (χ0v) is 17.2. The van der Waals surface area contributed by atoms with Crippen molar-refractivity contribution in [2.24, 2.45) is 4.99 Å². The Balaban J connectivity index is 1.91. The van der Waals surface area contributed by atoms with E-state index in [-0.39, 0.29) is 17.1 Å². The molecule has 0 heterocycles. The summed E-state index contributed by atoms with van der Waals surface area (Å²) in [4.78, 5) is 15.8. The number of esters is 1. The molecule has 0 aliphatic carbocycles. The van der Waals surface area contributed by atoms with Crippen molar-refractivity contribution in [2.75, 3.05) is 0 Å². The van der Waals surface area contributed by atoms with Crippen LogP contribution in [0, 0.1) is 38.2 Å². The second kappa shape index (κ2) is 8.61. The fraction of sp³-hybridized carbons (Fsp3) is 0.130. The van der Waals surface area contributed by atoms with Gasteiger partial charge >= 0.3 is 5.97 Å². The standard InChI is InChI=1S/C23H16F3NO2S/c1-12-6-14(3)21(18(24)7-12)15-4-5-17(13(2)8-15)23(28)29-16-9-19(25)22(27-11-30)20(26)10-16/h4-10H,1-3H3. The molecule has 3 rings (SSSR count). The molecule has 3 aromatic rings. The molecular weight excluding hydrogens is 411 g/mol. The summed E-state index contributed by atoms with van der Waals surface area (Å²) in [6.45, 7) is 5.29. The van der Waals surface area contributed by atoms with Gasteiger partial charge in [0.15, 0.2) is 11.6 Å². The highest BCUT2D eigenvalue weighted by Gasteiger charge is 2.18. The van der Waals surface area contributed by atoms with Gasteiger partial charge in [-0.05, 0) is 67.4 Å². The number of carbonyl (C=O) groups is 1. The van der Waals surface area contributed by atoms with Crippen LogP contribution in [0.4, 0.5) is 18.9 Å². The summed E-state index contributed by atoms with van der Waals surface area (Å²) in [5.74, 6) is -3.54. The lowest BCUT2D eigenvalue weighted by molar-refractivity contribution is 0.0733. The van der Waals surface area contributed by atoms with Gasteiger partial charge < -0.3 is 4.74 Å². The molecule has 0 bridgehead atoms. The first-order chi connectivity index (χ1) is 14.2. The van der Waals surface area contributed by atoms with Crippen molar-refractivity contribution in [3.63, 3.8) is 0 Å². The molecule has 0 amide bonds. The summed E-state index contributed by atoms with van der Waals surface area (Å²) in [5.41, 5.74) is 2.74. The maximum atomic E-state index is 14.5. The number of aliphatic imine (C=N–C) groups is 1. The number of thiocarbonyl (C=S) groups is 1. The van der Waals surface area contributed by atoms with E-state index >= 15 is 0 Å². The predicted octanol–water partition coefficient (Wildman–Crippen LogP) is 6.65. The minimum Gasteiger partial charge on any atom is -0.423 e. The van der Waals surface area contributed by atoms with Gasteiger partial charge in [-0.25, -0.2) is 18.0 Å². The summed E-state index contributed by atoms with van der Waals surface area (Å²) in [5, 5.41) is 1.88. The number of halogens is 3. The fourth-order valence-electron chi connectivity index (χ4n) is 3.25. The first kappa shape index (κ1) is 21.4. The molecule has 152 valence electrons. The number of nitrogens with zero attached hydrogens (tertiary/aromatic N) is 1. The first-order valence-electron chi connectivity index (χ1n) is 8.88. The van der Waals surface area contributed by atoms with Crippen LogP contribution >= 0.6 is 12.2 Å². The van der Waals surface area contributed by atoms with E-state index in [1.807, 2.05) is 25.1 Å². The number of hydrogen-bond donors (Lipinski definition) is 0. The van der Waals surface area contributed by atoms with Gasteiger partial charge in [0.1, 0.15) is 17.3 Å². The van der Waals surface area contributed by atoms with Gasteiger partial charge in [0, 0.05) is 17.7 Å². The van der Waals surface area contributed by atoms with E-state index < -0.39 is 23.3 Å². The minimum atomic E-state index is -1.03. The van der Waals surface area contributed by atoms with Crippen LogP contribution in [0.15, 0.2) is 47.5 Å². The van der Waals surface area contributed by atoms with E-state index in [1.54, 1.807) is 19.1 Å². The molecule has 0 N–H and O–H groups in total. The quantitative estimate of drug-likeness (QED) is 0.203. The van der Waals surface area contributed by atoms with Crippen LogP contribution in [0.3, 0.4) is 0 Å². The predicted molar refractivity (Wildman–Crippen MR) is 112 cm³/mol. The maximum Gasteiger partial charge on any atom is 0.343 e. The zero-order chi connectivity index (χ0) is 22.0. The molecule has 0 saturated carbocycles. The van der Waals surface area contributed by atoms with Crippen molar-refractivity contribution in [3.8, 4) is 16.9 Å². The molecule has 0 spiro atoms. The summed E-state index contributed by atoms with van der Waals surface area (Å²) in [6, 6.07) is 9.74. The molecule has 0 saturated heterocycles. The second-order valence-electron chi connectivity index (χ2n) is 6.80. The lowest BCUT2D eigenvalue weighted by atomic mass is 9.95. The van der Waals surface area contributed by atoms with E-state index in [0.717, 1.165) is 23.3 Å². The van der Waals surface area contributed by atoms with Crippen molar-refractivity contribution in [1.82, 2.24) is 0 Å². The molecule has 0 aliphatic heterocycles. The molecule has 3 aromatic carbocycles. The van der Waals surface area contributed by atoms with Gasteiger partial charge in [0.25, 0.3) is 0 Å². The Bertz CT molecular complexity index is 1170. The Kier molecular flexibility index (Phi) is 6.15. The van der Waals surface area contributed by atoms with Crippen LogP contribution in [0.2, 0.25) is 0 Å². The summed E-state index contributed by atoms with van der Waals surface area (Å²) < 4.78 is 47.4. The number of hydrogen-bond acceptors (Lipinski definition) is 4. The Morgan fingerprint density at radius 3 is 2.17 bits per heavy atom. The molecule has 0 atom stereocenters. The van der Waals surface area contributed by atoms with Gasteiger partial charge in [-0.3, -0.25) is 0 Å². The van der Waals surface area contributed by atoms with Crippen LogP contribution < -0.4 is 4.74 Å². The van der Waals surface area contributed by atoms with Crippen molar-refractivity contribution in [2.45, 2.75) is 20.8 Å². The van der Waals surface area contributed by atoms with Crippen LogP contribution in [-0.4, -0.2) is 11.1 Å². The van der Waals surface area contributed by atoms with Crippen molar-refractivity contribution < 1.29 is 22.7 Å². The van der Waals surface area contributed by atoms with Crippen LogP contribution in [0.25, 0.3) is 11.1 Å². The number of benzene rings is 3. The Labute approximate surface area is 176 Å². The van der Waals surface area contributed by atoms with E-state index in [9.17, 15) is 18.0 Å². The zero-order valence-electron chi connectivity index (χ0n) is 16.3. The largest absolute Gasteiger partial charge is 0.423 e. The summed E-state index contributed by atoms with van der Waals surface area (Å²) in [6.07, 6.45) is 0. The van der Waals surface area contributed by atoms with Crippen LogP contribution in [-0.2, 0) is 0 Å². The van der Waals surface area contributed by atoms with Gasteiger partial charge in [-0.15, -0.1) is 0 Å². The summed E-state index contributed by atoms with van der Waals surface area (Å²) in [7, 11) is 0. The number of ether oxygens (including phenoxy) is 1. The highest BCUT2D eigenvalue weighted by molar-refractivity contribution is 7.78. The number of carbonyl (C=O) groups excluding carboxylic acids is 1. The third kappa shape index (κ3) is 4.32. The Hall–Kier alpha value is -3.28. The molecule has 0 unspecified atom stereocenters. The average Bonchev–Trinajstić information content (AvgIpc) is 2.64. The van der Waals surface area contributed by atoms with Crippen molar-refractivity contribution in [3.05, 3.63) is 82.2 Å². The molecule has 0 aliphatic rings. The number of isothiocyanates is 1. The topological polar surface area (TPSA) is 38.7 Å². The van der Waals surface area contributed by atoms with Crippen molar-refractivity contribution in [1.29, 1.82) is 0 Å². The van der Waals surface area contributed by atoms with Gasteiger partial charge in [0.2, 0.25) is 0 Å². The van der Waals surface area contributed by atoms with Crippen LogP contribution in [0.5, 0.6) is 5.75 Å². The highest BCUT2D eigenvalue weighted by atomic mass is 32.1. The van der Waals surface area contributed by atoms with E-state index in [4.69, 9.17) is 4.74 Å². The lowest BCUT2D eigenvalue weighted by Crippen LogP contribution is -2.11. The minimum absolute atomic E-state index is 0.186. The highest BCUT2D eigenvalue weighted by Crippen LogP contribution is 2.31. The van der Waals surface area contributed by atoms with E-state index in [1.165, 1.54) is 12.1 Å². The van der Waals surface area contributed by atoms with Gasteiger partial charge in [0.05, 0.1) is 10.7 Å². The molecule has 0 aromatic heterocycles. The SMILES string of the molecule is Cc1cc(C)c(-c2ccc(C(=O)Oc3cc(F)c(N=C=S)c(F)c3)c(C)c2)c(F)c1. The average molecular weight is 427 g/mol. The van der Waals surface area contributed by atoms with E-state index in [2.05, 4.69) is 17.2 Å². The third-order valence-corrected chi connectivity index (χ3v) is 4.62.